The number of hydrogen-bond acceptors (Lipinski definition) is 8. The van der Waals surface area contributed by atoms with Gasteiger partial charge < -0.3 is 9.64 Å². The van der Waals surface area contributed by atoms with Crippen molar-refractivity contribution in [3.8, 4) is 6.07 Å². The number of thiophene rings is 1. The number of carbonyl (C=O) groups is 1. The van der Waals surface area contributed by atoms with Crippen molar-refractivity contribution in [2.45, 2.75) is 39.5 Å². The van der Waals surface area contributed by atoms with E-state index in [2.05, 4.69) is 27.8 Å². The lowest BCUT2D eigenvalue weighted by Crippen LogP contribution is -2.51. The first-order chi connectivity index (χ1) is 17.0. The van der Waals surface area contributed by atoms with E-state index in [1.165, 1.54) is 11.3 Å². The van der Waals surface area contributed by atoms with Crippen molar-refractivity contribution in [3.05, 3.63) is 57.0 Å². The highest BCUT2D eigenvalue weighted by Gasteiger charge is 2.30. The number of fused-ring (bicyclic) bond motifs is 3. The Labute approximate surface area is 207 Å². The monoisotopic (exact) mass is 492 g/mol. The maximum Gasteiger partial charge on any atom is 0.410 e. The van der Waals surface area contributed by atoms with Crippen LogP contribution in [0, 0.1) is 11.3 Å². The summed E-state index contributed by atoms with van der Waals surface area (Å²) in [4.78, 5) is 38.1. The Hall–Kier alpha value is -3.42. The summed E-state index contributed by atoms with van der Waals surface area (Å²) in [5.74, 6) is 0. The third-order valence-electron chi connectivity index (χ3n) is 6.83. The summed E-state index contributed by atoms with van der Waals surface area (Å²) in [6, 6.07) is 10.1. The third kappa shape index (κ3) is 4.37. The second-order valence-electron chi connectivity index (χ2n) is 8.94. The minimum Gasteiger partial charge on any atom is -0.450 e. The molecule has 1 amide bonds. The molecule has 1 unspecified atom stereocenters. The van der Waals surface area contributed by atoms with Crippen LogP contribution in [0.5, 0.6) is 0 Å². The number of aromatic nitrogens is 2. The number of rotatable bonds is 5. The van der Waals surface area contributed by atoms with Crippen LogP contribution >= 0.6 is 11.3 Å². The summed E-state index contributed by atoms with van der Waals surface area (Å²) in [5.41, 5.74) is 2.54. The van der Waals surface area contributed by atoms with Crippen LogP contribution in [-0.4, -0.2) is 64.3 Å². The predicted octanol–water partition coefficient (Wildman–Crippen LogP) is 3.01. The number of ether oxygens (including phenoxy) is 1. The molecule has 1 fully saturated rings. The molecule has 4 heterocycles. The molecule has 182 valence electrons. The molecule has 0 radical (unpaired) electrons. The van der Waals surface area contributed by atoms with E-state index >= 15 is 0 Å². The number of amides is 1. The van der Waals surface area contributed by atoms with Gasteiger partial charge in [-0.2, -0.15) is 5.26 Å². The number of carbonyl (C=O) groups excluding carboxylic acids is 1. The van der Waals surface area contributed by atoms with Crippen molar-refractivity contribution < 1.29 is 9.53 Å². The average Bonchev–Trinajstić information content (AvgIpc) is 3.44. The smallest absolute Gasteiger partial charge is 0.410 e. The highest BCUT2D eigenvalue weighted by molar-refractivity contribution is 7.18. The lowest BCUT2D eigenvalue weighted by Gasteiger charge is -2.39. The first kappa shape index (κ1) is 23.3. The second kappa shape index (κ2) is 9.68. The zero-order chi connectivity index (χ0) is 24.5. The quantitative estimate of drug-likeness (QED) is 0.540. The minimum absolute atomic E-state index is 0.0494. The van der Waals surface area contributed by atoms with E-state index in [-0.39, 0.29) is 17.7 Å². The van der Waals surface area contributed by atoms with Crippen LogP contribution in [0.15, 0.2) is 35.4 Å². The molecule has 0 N–H and O–H groups in total. The van der Waals surface area contributed by atoms with Crippen LogP contribution in [0.1, 0.15) is 29.9 Å². The Balaban J connectivity index is 1.28. The summed E-state index contributed by atoms with van der Waals surface area (Å²) >= 11 is 1.48. The van der Waals surface area contributed by atoms with Gasteiger partial charge in [0.25, 0.3) is 5.56 Å². The number of anilines is 1. The molecule has 10 heteroatoms. The molecule has 2 aliphatic heterocycles. The predicted molar refractivity (Wildman–Crippen MR) is 135 cm³/mol. The van der Waals surface area contributed by atoms with Gasteiger partial charge in [-0.1, -0.05) is 12.1 Å². The van der Waals surface area contributed by atoms with E-state index < -0.39 is 0 Å². The number of hydrogen-bond donors (Lipinski definition) is 0. The van der Waals surface area contributed by atoms with Gasteiger partial charge in [0.1, 0.15) is 10.9 Å². The Kier molecular flexibility index (Phi) is 6.45. The van der Waals surface area contributed by atoms with Crippen molar-refractivity contribution in [1.82, 2.24) is 19.4 Å². The number of nitriles is 1. The zero-order valence-corrected chi connectivity index (χ0v) is 20.8. The largest absolute Gasteiger partial charge is 0.450 e. The standard InChI is InChI=1S/C25H28N6O3S/c1-3-34-25(33)30-14-19-21(15-30)35-23-22(19)24(32)31(16-27-23)13-17(2)28-8-10-29(11-9-28)20-7-5-4-6-18(20)12-26/h4-7,16-17H,3,8-11,13-15H2,1-2H3. The van der Waals surface area contributed by atoms with Crippen LogP contribution < -0.4 is 10.5 Å². The molecule has 0 saturated carbocycles. The molecule has 3 aromatic rings. The Morgan fingerprint density at radius 1 is 1.23 bits per heavy atom. The maximum absolute atomic E-state index is 13.4. The highest BCUT2D eigenvalue weighted by Crippen LogP contribution is 2.35. The summed E-state index contributed by atoms with van der Waals surface area (Å²) in [6.07, 6.45) is 1.30. The van der Waals surface area contributed by atoms with E-state index in [0.29, 0.717) is 37.2 Å². The van der Waals surface area contributed by atoms with Gasteiger partial charge in [-0.15, -0.1) is 11.3 Å². The zero-order valence-electron chi connectivity index (χ0n) is 19.9. The van der Waals surface area contributed by atoms with Crippen molar-refractivity contribution in [1.29, 1.82) is 5.26 Å². The average molecular weight is 493 g/mol. The molecule has 1 aromatic carbocycles. The van der Waals surface area contributed by atoms with E-state index in [1.54, 1.807) is 22.7 Å². The van der Waals surface area contributed by atoms with Gasteiger partial charge in [0.2, 0.25) is 0 Å². The molecule has 5 rings (SSSR count). The molecule has 0 spiro atoms. The van der Waals surface area contributed by atoms with Gasteiger partial charge >= 0.3 is 6.09 Å². The fourth-order valence-electron chi connectivity index (χ4n) is 4.96. The fraction of sp³-hybridized carbons (Fsp3) is 0.440. The van der Waals surface area contributed by atoms with Crippen molar-refractivity contribution in [3.63, 3.8) is 0 Å². The number of nitrogens with zero attached hydrogens (tertiary/aromatic N) is 6. The second-order valence-corrected chi connectivity index (χ2v) is 10.0. The minimum atomic E-state index is -0.349. The molecule has 0 aliphatic carbocycles. The fourth-order valence-corrected chi connectivity index (χ4v) is 6.12. The first-order valence-corrected chi connectivity index (χ1v) is 12.7. The number of para-hydroxylation sites is 1. The lowest BCUT2D eigenvalue weighted by atomic mass is 10.1. The number of piperazine rings is 1. The molecule has 0 bridgehead atoms. The molecule has 2 aromatic heterocycles. The molecule has 1 saturated heterocycles. The van der Waals surface area contributed by atoms with Crippen molar-refractivity contribution in [2.75, 3.05) is 37.7 Å². The molecule has 2 aliphatic rings. The van der Waals surface area contributed by atoms with E-state index in [4.69, 9.17) is 4.74 Å². The van der Waals surface area contributed by atoms with Crippen molar-refractivity contribution in [2.24, 2.45) is 0 Å². The van der Waals surface area contributed by atoms with Crippen LogP contribution in [-0.2, 0) is 24.4 Å². The topological polar surface area (TPSA) is 94.7 Å². The SMILES string of the molecule is CCOC(=O)N1Cc2sc3ncn(CC(C)N4CCN(c5ccccc5C#N)CC4)c(=O)c3c2C1. The summed E-state index contributed by atoms with van der Waals surface area (Å²) in [6.45, 7) is 9.01. The van der Waals surface area contributed by atoms with E-state index in [9.17, 15) is 14.9 Å². The van der Waals surface area contributed by atoms with Crippen LogP contribution in [0.4, 0.5) is 10.5 Å². The van der Waals surface area contributed by atoms with Crippen LogP contribution in [0.3, 0.4) is 0 Å². The normalized spacial score (nSPS) is 16.8. The highest BCUT2D eigenvalue weighted by atomic mass is 32.1. The maximum atomic E-state index is 13.4. The van der Waals surface area contributed by atoms with Gasteiger partial charge in [-0.25, -0.2) is 9.78 Å². The molecule has 9 nitrogen and oxygen atoms in total. The van der Waals surface area contributed by atoms with Crippen LogP contribution in [0.25, 0.3) is 10.2 Å². The van der Waals surface area contributed by atoms with Gasteiger partial charge in [0, 0.05) is 49.2 Å². The van der Waals surface area contributed by atoms with E-state index in [1.807, 2.05) is 24.3 Å². The first-order valence-electron chi connectivity index (χ1n) is 11.9. The lowest BCUT2D eigenvalue weighted by molar-refractivity contribution is 0.107. The van der Waals surface area contributed by atoms with Gasteiger partial charge in [0.15, 0.2) is 0 Å². The summed E-state index contributed by atoms with van der Waals surface area (Å²) < 4.78 is 6.83. The van der Waals surface area contributed by atoms with Gasteiger partial charge in [0.05, 0.1) is 42.7 Å². The molecular formula is C25H28N6O3S. The van der Waals surface area contributed by atoms with E-state index in [0.717, 1.165) is 47.1 Å². The van der Waals surface area contributed by atoms with Crippen LogP contribution in [0.2, 0.25) is 0 Å². The van der Waals surface area contributed by atoms with Gasteiger partial charge in [-0.3, -0.25) is 19.2 Å². The Bertz CT molecular complexity index is 1350. The molecular weight excluding hydrogens is 464 g/mol. The van der Waals surface area contributed by atoms with Gasteiger partial charge in [-0.05, 0) is 26.0 Å². The third-order valence-corrected chi connectivity index (χ3v) is 7.96. The number of benzene rings is 1. The summed E-state index contributed by atoms with van der Waals surface area (Å²) in [7, 11) is 0. The Morgan fingerprint density at radius 2 is 2.00 bits per heavy atom. The Morgan fingerprint density at radius 3 is 2.74 bits per heavy atom. The molecule has 35 heavy (non-hydrogen) atoms. The summed E-state index contributed by atoms with van der Waals surface area (Å²) in [5, 5.41) is 10.0. The molecule has 1 atom stereocenters. The van der Waals surface area contributed by atoms with Crippen molar-refractivity contribution >= 4 is 33.3 Å².